The van der Waals surface area contributed by atoms with Crippen molar-refractivity contribution in [3.05, 3.63) is 47.5 Å². The topological polar surface area (TPSA) is 162 Å². The maximum absolute atomic E-state index is 12.7. The van der Waals surface area contributed by atoms with Gasteiger partial charge < -0.3 is 24.3 Å². The lowest BCUT2D eigenvalue weighted by atomic mass is 10.1. The predicted molar refractivity (Wildman–Crippen MR) is 144 cm³/mol. The zero-order valence-corrected chi connectivity index (χ0v) is 23.5. The van der Waals surface area contributed by atoms with Crippen molar-refractivity contribution >= 4 is 27.7 Å². The van der Waals surface area contributed by atoms with Gasteiger partial charge in [-0.2, -0.15) is 4.31 Å². The number of hydrogen-bond donors (Lipinski definition) is 3. The lowest BCUT2D eigenvalue weighted by Crippen LogP contribution is -2.46. The molecule has 0 aliphatic carbocycles. The van der Waals surface area contributed by atoms with Gasteiger partial charge in [-0.1, -0.05) is 0 Å². The summed E-state index contributed by atoms with van der Waals surface area (Å²) in [6, 6.07) is 8.32. The van der Waals surface area contributed by atoms with E-state index in [0.717, 1.165) is 0 Å². The molecule has 3 N–H and O–H groups in total. The van der Waals surface area contributed by atoms with E-state index in [2.05, 4.69) is 16.2 Å². The Morgan fingerprint density at radius 3 is 1.95 bits per heavy atom. The number of nitrogens with one attached hydrogen (secondary N) is 3. The second kappa shape index (κ2) is 14.5. The van der Waals surface area contributed by atoms with E-state index in [0.29, 0.717) is 50.3 Å². The summed E-state index contributed by atoms with van der Waals surface area (Å²) >= 11 is 0. The molecule has 218 valence electrons. The van der Waals surface area contributed by atoms with Gasteiger partial charge in [-0.15, -0.1) is 0 Å². The first-order valence-corrected chi connectivity index (χ1v) is 14.3. The number of benzene rings is 2. The number of carbonyl (C=O) groups excluding carboxylic acids is 3. The van der Waals surface area contributed by atoms with Crippen molar-refractivity contribution in [2.24, 2.45) is 0 Å². The monoisotopic (exact) mass is 578 g/mol. The SMILES string of the molecule is CCOc1cc(C(=O)NCC(=O)NNC(=O)c2ccc(S(=O)(=O)N3CCOCC3)cc2)cc(OCC)c1OCC. The molecule has 1 heterocycles. The molecule has 0 aromatic heterocycles. The van der Waals surface area contributed by atoms with Crippen molar-refractivity contribution in [2.45, 2.75) is 25.7 Å². The normalized spacial score (nSPS) is 13.7. The summed E-state index contributed by atoms with van der Waals surface area (Å²) in [6.45, 7) is 7.18. The van der Waals surface area contributed by atoms with Gasteiger partial charge in [-0.05, 0) is 57.2 Å². The van der Waals surface area contributed by atoms with Gasteiger partial charge in [0.1, 0.15) is 0 Å². The Bertz CT molecular complexity index is 1270. The van der Waals surface area contributed by atoms with Crippen LogP contribution in [0.5, 0.6) is 17.2 Å². The van der Waals surface area contributed by atoms with Crippen molar-refractivity contribution in [1.82, 2.24) is 20.5 Å². The van der Waals surface area contributed by atoms with E-state index in [-0.39, 0.29) is 29.1 Å². The Labute approximate surface area is 233 Å². The van der Waals surface area contributed by atoms with E-state index in [1.165, 1.54) is 40.7 Å². The average molecular weight is 579 g/mol. The first-order valence-electron chi connectivity index (χ1n) is 12.8. The Morgan fingerprint density at radius 2 is 1.40 bits per heavy atom. The molecular formula is C26H34N4O9S. The molecule has 1 aliphatic heterocycles. The number of carbonyl (C=O) groups is 3. The number of hydrogen-bond acceptors (Lipinski definition) is 9. The van der Waals surface area contributed by atoms with Crippen LogP contribution in [0.25, 0.3) is 0 Å². The fourth-order valence-electron chi connectivity index (χ4n) is 3.74. The van der Waals surface area contributed by atoms with Crippen LogP contribution in [0.3, 0.4) is 0 Å². The van der Waals surface area contributed by atoms with E-state index in [9.17, 15) is 22.8 Å². The van der Waals surface area contributed by atoms with Gasteiger partial charge in [0.25, 0.3) is 17.7 Å². The molecule has 3 amide bonds. The minimum atomic E-state index is -3.70. The molecule has 14 heteroatoms. The average Bonchev–Trinajstić information content (AvgIpc) is 2.96. The van der Waals surface area contributed by atoms with Gasteiger partial charge in [-0.3, -0.25) is 25.2 Å². The molecule has 0 bridgehead atoms. The van der Waals surface area contributed by atoms with Crippen LogP contribution < -0.4 is 30.4 Å². The van der Waals surface area contributed by atoms with Gasteiger partial charge in [0.05, 0.1) is 44.5 Å². The Balaban J connectivity index is 1.55. The number of sulfonamides is 1. The van der Waals surface area contributed by atoms with E-state index in [1.54, 1.807) is 13.8 Å². The largest absolute Gasteiger partial charge is 0.490 e. The van der Waals surface area contributed by atoms with Crippen LogP contribution in [-0.4, -0.2) is 83.1 Å². The Hall–Kier alpha value is -3.88. The second-order valence-electron chi connectivity index (χ2n) is 8.33. The molecule has 1 aliphatic rings. The highest BCUT2D eigenvalue weighted by Crippen LogP contribution is 2.39. The van der Waals surface area contributed by atoms with Crippen molar-refractivity contribution in [2.75, 3.05) is 52.7 Å². The standard InChI is InChI=1S/C26H34N4O9S/c1-4-37-21-15-19(16-22(38-5-2)24(21)39-6-3)25(32)27-17-23(31)28-29-26(33)18-7-9-20(10-8-18)40(34,35)30-11-13-36-14-12-30/h7-10,15-16H,4-6,11-14,17H2,1-3H3,(H,27,32)(H,28,31)(H,29,33). The summed E-state index contributed by atoms with van der Waals surface area (Å²) in [6.07, 6.45) is 0. The molecule has 0 spiro atoms. The highest BCUT2D eigenvalue weighted by atomic mass is 32.2. The molecule has 13 nitrogen and oxygen atoms in total. The number of amides is 3. The lowest BCUT2D eigenvalue weighted by Gasteiger charge is -2.26. The van der Waals surface area contributed by atoms with E-state index >= 15 is 0 Å². The summed E-state index contributed by atoms with van der Waals surface area (Å²) in [4.78, 5) is 37.5. The van der Waals surface area contributed by atoms with E-state index in [4.69, 9.17) is 18.9 Å². The van der Waals surface area contributed by atoms with Crippen LogP contribution in [-0.2, 0) is 19.6 Å². The van der Waals surface area contributed by atoms with Gasteiger partial charge >= 0.3 is 0 Å². The minimum Gasteiger partial charge on any atom is -0.490 e. The maximum Gasteiger partial charge on any atom is 0.269 e. The van der Waals surface area contributed by atoms with Gasteiger partial charge in [0.15, 0.2) is 11.5 Å². The van der Waals surface area contributed by atoms with Crippen LogP contribution in [0, 0.1) is 0 Å². The van der Waals surface area contributed by atoms with Gasteiger partial charge in [0, 0.05) is 24.2 Å². The van der Waals surface area contributed by atoms with Crippen molar-refractivity contribution in [3.8, 4) is 17.2 Å². The summed E-state index contributed by atoms with van der Waals surface area (Å²) in [5.74, 6) is -0.862. The first kappa shape index (κ1) is 30.7. The van der Waals surface area contributed by atoms with Crippen molar-refractivity contribution in [3.63, 3.8) is 0 Å². The van der Waals surface area contributed by atoms with E-state index < -0.39 is 34.3 Å². The number of nitrogens with zero attached hydrogens (tertiary/aromatic N) is 1. The Morgan fingerprint density at radius 1 is 0.825 bits per heavy atom. The first-order chi connectivity index (χ1) is 19.2. The molecule has 0 atom stereocenters. The van der Waals surface area contributed by atoms with Crippen LogP contribution >= 0.6 is 0 Å². The number of morpholine rings is 1. The number of ether oxygens (including phenoxy) is 4. The number of hydrazine groups is 1. The summed E-state index contributed by atoms with van der Waals surface area (Å²) < 4.78 is 48.8. The molecule has 2 aromatic carbocycles. The summed E-state index contributed by atoms with van der Waals surface area (Å²) in [5.41, 5.74) is 4.77. The second-order valence-corrected chi connectivity index (χ2v) is 10.3. The van der Waals surface area contributed by atoms with E-state index in [1.807, 2.05) is 6.92 Å². The summed E-state index contributed by atoms with van der Waals surface area (Å²) in [7, 11) is -3.70. The highest BCUT2D eigenvalue weighted by molar-refractivity contribution is 7.89. The van der Waals surface area contributed by atoms with Crippen LogP contribution in [0.1, 0.15) is 41.5 Å². The zero-order chi connectivity index (χ0) is 29.1. The highest BCUT2D eigenvalue weighted by Gasteiger charge is 2.26. The molecule has 0 unspecified atom stereocenters. The third-order valence-electron chi connectivity index (χ3n) is 5.62. The third-order valence-corrected chi connectivity index (χ3v) is 7.53. The molecule has 0 saturated carbocycles. The predicted octanol–water partition coefficient (Wildman–Crippen LogP) is 1.09. The summed E-state index contributed by atoms with van der Waals surface area (Å²) in [5, 5.41) is 2.47. The zero-order valence-electron chi connectivity index (χ0n) is 22.7. The molecule has 0 radical (unpaired) electrons. The molecule has 1 fully saturated rings. The smallest absolute Gasteiger partial charge is 0.269 e. The van der Waals surface area contributed by atoms with Gasteiger partial charge in [-0.25, -0.2) is 8.42 Å². The minimum absolute atomic E-state index is 0.0481. The third kappa shape index (κ3) is 7.83. The molecule has 40 heavy (non-hydrogen) atoms. The lowest BCUT2D eigenvalue weighted by molar-refractivity contribution is -0.120. The van der Waals surface area contributed by atoms with Crippen LogP contribution in [0.4, 0.5) is 0 Å². The molecule has 2 aromatic rings. The van der Waals surface area contributed by atoms with Crippen LogP contribution in [0.2, 0.25) is 0 Å². The van der Waals surface area contributed by atoms with Crippen molar-refractivity contribution in [1.29, 1.82) is 0 Å². The Kier molecular flexibility index (Phi) is 11.1. The van der Waals surface area contributed by atoms with Crippen LogP contribution in [0.15, 0.2) is 41.3 Å². The molecule has 1 saturated heterocycles. The fraction of sp³-hybridized carbons (Fsp3) is 0.423. The van der Waals surface area contributed by atoms with Crippen molar-refractivity contribution < 1.29 is 41.7 Å². The maximum atomic E-state index is 12.7. The van der Waals surface area contributed by atoms with Gasteiger partial charge in [0.2, 0.25) is 15.8 Å². The fourth-order valence-corrected chi connectivity index (χ4v) is 5.15. The quantitative estimate of drug-likeness (QED) is 0.313. The number of rotatable bonds is 12. The molecule has 3 rings (SSSR count). The molecular weight excluding hydrogens is 544 g/mol.